The molecular weight excluding hydrogens is 571 g/mol. The van der Waals surface area contributed by atoms with Crippen LogP contribution in [0.4, 0.5) is 0 Å². The molecule has 4 nitrogen and oxygen atoms in total. The van der Waals surface area contributed by atoms with E-state index in [1.54, 1.807) is 0 Å². The Labute approximate surface area is 258 Å². The van der Waals surface area contributed by atoms with Gasteiger partial charge in [0.25, 0.3) is 5.56 Å². The van der Waals surface area contributed by atoms with Gasteiger partial charge in [0.1, 0.15) is 5.82 Å². The third kappa shape index (κ3) is 2.78. The van der Waals surface area contributed by atoms with Crippen molar-refractivity contribution in [3.05, 3.63) is 138 Å². The number of aromatic nitrogens is 3. The number of thiophene rings is 1. The van der Waals surface area contributed by atoms with Crippen molar-refractivity contribution >= 4 is 102 Å². The standard InChI is InChI=1S/C40H21N3OS/c44-40-25-14-4-1-11-22(25)29-21-41-39(35-27-16-6-9-19-31(27)43(40)36(29)35)42-30-18-8-5-15-26(30)33-23-12-2-3-13-24(23)34-28-17-7-10-20-32(28)45-38(34)37(33)42/h1-21H. The van der Waals surface area contributed by atoms with Crippen LogP contribution in [0.3, 0.4) is 0 Å². The number of nitrogens with zero attached hydrogens (tertiary/aromatic N) is 3. The summed E-state index contributed by atoms with van der Waals surface area (Å²) in [5.41, 5.74) is 4.09. The Morgan fingerprint density at radius 1 is 0.489 bits per heavy atom. The molecule has 0 radical (unpaired) electrons. The van der Waals surface area contributed by atoms with Crippen LogP contribution in [0.2, 0.25) is 0 Å². The van der Waals surface area contributed by atoms with Gasteiger partial charge in [0, 0.05) is 48.6 Å². The van der Waals surface area contributed by atoms with Gasteiger partial charge in [-0.05, 0) is 40.4 Å². The number of pyridine rings is 2. The normalized spacial score (nSPS) is 12.5. The van der Waals surface area contributed by atoms with E-state index in [-0.39, 0.29) is 5.56 Å². The molecule has 11 rings (SSSR count). The second kappa shape index (κ2) is 8.23. The van der Waals surface area contributed by atoms with Gasteiger partial charge in [0.05, 0.1) is 32.2 Å². The fourth-order valence-electron chi connectivity index (χ4n) is 7.92. The van der Waals surface area contributed by atoms with Gasteiger partial charge in [0.2, 0.25) is 0 Å². The van der Waals surface area contributed by atoms with E-state index >= 15 is 0 Å². The molecule has 5 aromatic heterocycles. The van der Waals surface area contributed by atoms with Crippen LogP contribution in [-0.2, 0) is 0 Å². The minimum atomic E-state index is 0.00145. The maximum absolute atomic E-state index is 14.2. The van der Waals surface area contributed by atoms with Crippen molar-refractivity contribution in [2.24, 2.45) is 0 Å². The molecule has 0 atom stereocenters. The fraction of sp³-hybridized carbons (Fsp3) is 0. The van der Waals surface area contributed by atoms with Gasteiger partial charge in [-0.15, -0.1) is 11.3 Å². The number of benzene rings is 6. The molecule has 11 aromatic rings. The van der Waals surface area contributed by atoms with Crippen LogP contribution in [0.1, 0.15) is 0 Å². The Morgan fingerprint density at radius 2 is 1.07 bits per heavy atom. The highest BCUT2D eigenvalue weighted by Gasteiger charge is 2.26. The van der Waals surface area contributed by atoms with Gasteiger partial charge in [-0.3, -0.25) is 13.8 Å². The van der Waals surface area contributed by atoms with Crippen LogP contribution in [0.25, 0.3) is 96.5 Å². The highest BCUT2D eigenvalue weighted by molar-refractivity contribution is 7.27. The third-order valence-electron chi connectivity index (χ3n) is 9.68. The Bertz CT molecular complexity index is 3130. The van der Waals surface area contributed by atoms with E-state index in [1.807, 2.05) is 52.3 Å². The zero-order valence-corrected chi connectivity index (χ0v) is 24.6. The van der Waals surface area contributed by atoms with Crippen LogP contribution in [0, 0.1) is 0 Å². The first-order chi connectivity index (χ1) is 22.3. The van der Waals surface area contributed by atoms with Crippen LogP contribution >= 0.6 is 11.3 Å². The maximum atomic E-state index is 14.2. The molecule has 0 N–H and O–H groups in total. The van der Waals surface area contributed by atoms with E-state index in [2.05, 4.69) is 95.6 Å². The molecule has 0 fully saturated rings. The van der Waals surface area contributed by atoms with Crippen molar-refractivity contribution in [3.8, 4) is 5.82 Å². The molecule has 6 aromatic carbocycles. The zero-order chi connectivity index (χ0) is 29.4. The lowest BCUT2D eigenvalue weighted by Gasteiger charge is -2.13. The van der Waals surface area contributed by atoms with E-state index < -0.39 is 0 Å². The summed E-state index contributed by atoms with van der Waals surface area (Å²) in [6.45, 7) is 0. The summed E-state index contributed by atoms with van der Waals surface area (Å²) in [5, 5.41) is 12.1. The van der Waals surface area contributed by atoms with Gasteiger partial charge >= 0.3 is 0 Å². The predicted molar refractivity (Wildman–Crippen MR) is 190 cm³/mol. The van der Waals surface area contributed by atoms with Gasteiger partial charge in [-0.1, -0.05) is 97.1 Å². The molecule has 0 aliphatic rings. The summed E-state index contributed by atoms with van der Waals surface area (Å²) in [4.78, 5) is 19.5. The van der Waals surface area contributed by atoms with E-state index in [4.69, 9.17) is 4.98 Å². The number of para-hydroxylation sites is 2. The number of fused-ring (bicyclic) bond motifs is 15. The van der Waals surface area contributed by atoms with Crippen LogP contribution in [-0.4, -0.2) is 14.0 Å². The zero-order valence-electron chi connectivity index (χ0n) is 23.8. The molecule has 0 saturated carbocycles. The Kier molecular flexibility index (Phi) is 4.32. The summed E-state index contributed by atoms with van der Waals surface area (Å²) in [5.74, 6) is 0.844. The summed E-state index contributed by atoms with van der Waals surface area (Å²) >= 11 is 1.85. The van der Waals surface area contributed by atoms with E-state index in [1.165, 1.54) is 41.7 Å². The lowest BCUT2D eigenvalue weighted by Crippen LogP contribution is -2.13. The van der Waals surface area contributed by atoms with E-state index in [9.17, 15) is 4.79 Å². The van der Waals surface area contributed by atoms with Crippen molar-refractivity contribution in [2.45, 2.75) is 0 Å². The molecule has 0 amide bonds. The summed E-state index contributed by atoms with van der Waals surface area (Å²) < 4.78 is 6.79. The van der Waals surface area contributed by atoms with Gasteiger partial charge in [-0.25, -0.2) is 4.98 Å². The molecule has 0 aliphatic heterocycles. The molecule has 45 heavy (non-hydrogen) atoms. The lowest BCUT2D eigenvalue weighted by molar-refractivity contribution is 1.11. The van der Waals surface area contributed by atoms with Crippen molar-refractivity contribution in [1.82, 2.24) is 14.0 Å². The smallest absolute Gasteiger partial charge is 0.263 e. The predicted octanol–water partition coefficient (Wildman–Crippen LogP) is 10.2. The van der Waals surface area contributed by atoms with Crippen LogP contribution in [0.15, 0.2) is 132 Å². The summed E-state index contributed by atoms with van der Waals surface area (Å²) in [6.07, 6.45) is 1.97. The van der Waals surface area contributed by atoms with Crippen LogP contribution in [0.5, 0.6) is 0 Å². The summed E-state index contributed by atoms with van der Waals surface area (Å²) in [6, 6.07) is 42.4. The lowest BCUT2D eigenvalue weighted by atomic mass is 9.99. The fourth-order valence-corrected chi connectivity index (χ4v) is 9.18. The van der Waals surface area contributed by atoms with Gasteiger partial charge < -0.3 is 0 Å². The first kappa shape index (κ1) is 23.6. The molecule has 0 unspecified atom stereocenters. The third-order valence-corrected chi connectivity index (χ3v) is 10.9. The minimum Gasteiger partial charge on any atom is -0.292 e. The number of rotatable bonds is 1. The Morgan fingerprint density at radius 3 is 1.84 bits per heavy atom. The molecule has 0 saturated heterocycles. The number of hydrogen-bond donors (Lipinski definition) is 0. The Hall–Kier alpha value is -5.78. The van der Waals surface area contributed by atoms with E-state index in [0.29, 0.717) is 5.39 Å². The average molecular weight is 592 g/mol. The molecule has 0 aliphatic carbocycles. The molecule has 0 bridgehead atoms. The molecular formula is C40H21N3OS. The molecule has 0 spiro atoms. The summed E-state index contributed by atoms with van der Waals surface area (Å²) in [7, 11) is 0. The number of hydrogen-bond acceptors (Lipinski definition) is 3. The highest BCUT2D eigenvalue weighted by atomic mass is 32.1. The molecule has 5 heterocycles. The topological polar surface area (TPSA) is 39.3 Å². The average Bonchev–Trinajstić information content (AvgIpc) is 3.76. The minimum absolute atomic E-state index is 0.00145. The first-order valence-corrected chi connectivity index (χ1v) is 15.9. The van der Waals surface area contributed by atoms with Crippen molar-refractivity contribution in [3.63, 3.8) is 0 Å². The largest absolute Gasteiger partial charge is 0.292 e. The second-order valence-corrected chi connectivity index (χ2v) is 12.9. The van der Waals surface area contributed by atoms with Crippen molar-refractivity contribution in [1.29, 1.82) is 0 Å². The van der Waals surface area contributed by atoms with Crippen molar-refractivity contribution in [2.75, 3.05) is 0 Å². The van der Waals surface area contributed by atoms with Gasteiger partial charge in [-0.2, -0.15) is 0 Å². The Balaban J connectivity index is 1.46. The van der Waals surface area contributed by atoms with Crippen molar-refractivity contribution < 1.29 is 0 Å². The quantitative estimate of drug-likeness (QED) is 0.178. The van der Waals surface area contributed by atoms with Crippen LogP contribution < -0.4 is 5.56 Å². The monoisotopic (exact) mass is 591 g/mol. The second-order valence-electron chi connectivity index (χ2n) is 11.8. The molecule has 208 valence electrons. The van der Waals surface area contributed by atoms with E-state index in [0.717, 1.165) is 49.4 Å². The van der Waals surface area contributed by atoms with Gasteiger partial charge in [0.15, 0.2) is 0 Å². The highest BCUT2D eigenvalue weighted by Crippen LogP contribution is 2.48. The first-order valence-electron chi connectivity index (χ1n) is 15.1. The maximum Gasteiger partial charge on any atom is 0.263 e. The SMILES string of the molecule is O=c1c2ccccc2c2cnc(-n3c4ccccc4c4c5ccccc5c5c6ccccc6sc5c43)c3c4ccccc4n1c23. The molecule has 5 heteroatoms.